The summed E-state index contributed by atoms with van der Waals surface area (Å²) in [7, 11) is 0. The van der Waals surface area contributed by atoms with Gasteiger partial charge in [-0.05, 0) is 18.4 Å². The highest BCUT2D eigenvalue weighted by molar-refractivity contribution is 8.02. The molecule has 0 spiro atoms. The number of anilines is 1. The van der Waals surface area contributed by atoms with Gasteiger partial charge in [-0.3, -0.25) is 0 Å². The lowest BCUT2D eigenvalue weighted by Gasteiger charge is -2.05. The van der Waals surface area contributed by atoms with Gasteiger partial charge in [0.2, 0.25) is 0 Å². The predicted molar refractivity (Wildman–Crippen MR) is 57.3 cm³/mol. The maximum Gasteiger partial charge on any atom is 0.0939 e. The maximum atomic E-state index is 8.47. The number of para-hydroxylation sites is 1. The van der Waals surface area contributed by atoms with Crippen LogP contribution in [0.1, 0.15) is 0 Å². The lowest BCUT2D eigenvalue weighted by molar-refractivity contribution is 1.51. The van der Waals surface area contributed by atoms with Crippen molar-refractivity contribution in [3.8, 4) is 6.07 Å². The summed E-state index contributed by atoms with van der Waals surface area (Å²) < 4.78 is 0. The van der Waals surface area contributed by atoms with E-state index in [2.05, 4.69) is 5.32 Å². The highest BCUT2D eigenvalue weighted by Crippen LogP contribution is 2.15. The zero-order valence-corrected chi connectivity index (χ0v) is 8.14. The van der Waals surface area contributed by atoms with Gasteiger partial charge in [-0.25, -0.2) is 0 Å². The number of nitriles is 1. The summed E-state index contributed by atoms with van der Waals surface area (Å²) in [4.78, 5) is 0. The molecule has 0 amide bonds. The zero-order valence-electron chi connectivity index (χ0n) is 7.32. The van der Waals surface area contributed by atoms with Gasteiger partial charge in [0.15, 0.2) is 0 Å². The number of nitrogens with one attached hydrogen (secondary N) is 1. The molecule has 0 atom stereocenters. The second-order valence-electron chi connectivity index (χ2n) is 2.33. The standard InChI is InChI=1S/C10H10N2S/c1-13-10(7-8-11)12-9-5-3-2-4-6-9/h2-7,12H,1H3. The third-order valence-electron chi connectivity index (χ3n) is 1.46. The average molecular weight is 190 g/mol. The molecule has 1 rings (SSSR count). The first-order chi connectivity index (χ1) is 6.36. The van der Waals surface area contributed by atoms with E-state index in [-0.39, 0.29) is 0 Å². The monoisotopic (exact) mass is 190 g/mol. The molecule has 1 N–H and O–H groups in total. The minimum atomic E-state index is 0.855. The van der Waals surface area contributed by atoms with E-state index in [9.17, 15) is 0 Å². The quantitative estimate of drug-likeness (QED) is 0.744. The summed E-state index contributed by atoms with van der Waals surface area (Å²) in [5.74, 6) is 0. The third kappa shape index (κ3) is 3.22. The van der Waals surface area contributed by atoms with Crippen LogP contribution in [-0.4, -0.2) is 6.26 Å². The normalized spacial score (nSPS) is 10.6. The molecule has 0 aliphatic heterocycles. The van der Waals surface area contributed by atoms with Crippen LogP contribution in [0.15, 0.2) is 41.4 Å². The number of hydrogen-bond donors (Lipinski definition) is 1. The van der Waals surface area contributed by atoms with Crippen LogP contribution in [0.25, 0.3) is 0 Å². The van der Waals surface area contributed by atoms with E-state index in [0.717, 1.165) is 10.7 Å². The van der Waals surface area contributed by atoms with Crippen LogP contribution in [-0.2, 0) is 0 Å². The first-order valence-electron chi connectivity index (χ1n) is 3.82. The third-order valence-corrected chi connectivity index (χ3v) is 2.12. The Balaban J connectivity index is 2.69. The fourth-order valence-corrected chi connectivity index (χ4v) is 1.26. The van der Waals surface area contributed by atoms with E-state index in [0.29, 0.717) is 0 Å². The summed E-state index contributed by atoms with van der Waals surface area (Å²) in [5, 5.41) is 12.5. The van der Waals surface area contributed by atoms with Crippen molar-refractivity contribution in [1.82, 2.24) is 0 Å². The van der Waals surface area contributed by atoms with Gasteiger partial charge in [0, 0.05) is 11.8 Å². The van der Waals surface area contributed by atoms with Crippen molar-refractivity contribution in [1.29, 1.82) is 5.26 Å². The Morgan fingerprint density at radius 3 is 2.69 bits per heavy atom. The molecule has 0 aromatic heterocycles. The molecule has 2 nitrogen and oxygen atoms in total. The molecule has 13 heavy (non-hydrogen) atoms. The molecule has 66 valence electrons. The molecule has 0 unspecified atom stereocenters. The van der Waals surface area contributed by atoms with Gasteiger partial charge in [-0.2, -0.15) is 5.26 Å². The molecular formula is C10H10N2S. The molecule has 0 aliphatic rings. The lowest BCUT2D eigenvalue weighted by atomic mass is 10.3. The summed E-state index contributed by atoms with van der Waals surface area (Å²) >= 11 is 1.52. The van der Waals surface area contributed by atoms with Crippen molar-refractivity contribution in [2.24, 2.45) is 0 Å². The van der Waals surface area contributed by atoms with Crippen molar-refractivity contribution >= 4 is 17.4 Å². The van der Waals surface area contributed by atoms with E-state index in [4.69, 9.17) is 5.26 Å². The second kappa shape index (κ2) is 5.28. The SMILES string of the molecule is CSC(=CC#N)Nc1ccccc1. The summed E-state index contributed by atoms with van der Waals surface area (Å²) in [6.45, 7) is 0. The first-order valence-corrected chi connectivity index (χ1v) is 5.05. The van der Waals surface area contributed by atoms with Crippen LogP contribution >= 0.6 is 11.8 Å². The topological polar surface area (TPSA) is 35.8 Å². The fourth-order valence-electron chi connectivity index (χ4n) is 0.868. The Morgan fingerprint density at radius 1 is 1.46 bits per heavy atom. The fraction of sp³-hybridized carbons (Fsp3) is 0.100. The Bertz CT molecular complexity index is 325. The van der Waals surface area contributed by atoms with Gasteiger partial charge in [0.25, 0.3) is 0 Å². The van der Waals surface area contributed by atoms with Crippen molar-refractivity contribution < 1.29 is 0 Å². The molecule has 0 saturated heterocycles. The van der Waals surface area contributed by atoms with E-state index in [1.54, 1.807) is 0 Å². The Kier molecular flexibility index (Phi) is 3.94. The van der Waals surface area contributed by atoms with E-state index >= 15 is 0 Å². The summed E-state index contributed by atoms with van der Waals surface area (Å²) in [6, 6.07) is 11.8. The van der Waals surface area contributed by atoms with E-state index in [1.165, 1.54) is 17.8 Å². The highest BCUT2D eigenvalue weighted by Gasteiger charge is 1.93. The summed E-state index contributed by atoms with van der Waals surface area (Å²) in [5.41, 5.74) is 0.998. The Morgan fingerprint density at radius 2 is 2.15 bits per heavy atom. The minimum absolute atomic E-state index is 0.855. The van der Waals surface area contributed by atoms with Crippen LogP contribution in [0, 0.1) is 11.3 Å². The number of thioether (sulfide) groups is 1. The molecule has 0 aliphatic carbocycles. The van der Waals surface area contributed by atoms with Crippen LogP contribution < -0.4 is 5.32 Å². The maximum absolute atomic E-state index is 8.47. The van der Waals surface area contributed by atoms with Crippen molar-refractivity contribution in [2.75, 3.05) is 11.6 Å². The first kappa shape index (κ1) is 9.69. The zero-order chi connectivity index (χ0) is 9.52. The minimum Gasteiger partial charge on any atom is -0.350 e. The van der Waals surface area contributed by atoms with Gasteiger partial charge < -0.3 is 5.32 Å². The van der Waals surface area contributed by atoms with Crippen LogP contribution in [0.3, 0.4) is 0 Å². The summed E-state index contributed by atoms with van der Waals surface area (Å²) in [6.07, 6.45) is 3.43. The molecule has 0 heterocycles. The number of allylic oxidation sites excluding steroid dienone is 1. The van der Waals surface area contributed by atoms with Crippen LogP contribution in [0.5, 0.6) is 0 Å². The smallest absolute Gasteiger partial charge is 0.0939 e. The van der Waals surface area contributed by atoms with Gasteiger partial charge in [0.1, 0.15) is 0 Å². The average Bonchev–Trinajstić information content (AvgIpc) is 2.19. The van der Waals surface area contributed by atoms with Gasteiger partial charge in [-0.15, -0.1) is 11.8 Å². The van der Waals surface area contributed by atoms with E-state index in [1.807, 2.05) is 42.7 Å². The van der Waals surface area contributed by atoms with E-state index < -0.39 is 0 Å². The molecule has 0 bridgehead atoms. The van der Waals surface area contributed by atoms with Gasteiger partial charge >= 0.3 is 0 Å². The number of nitrogens with zero attached hydrogens (tertiary/aromatic N) is 1. The highest BCUT2D eigenvalue weighted by atomic mass is 32.2. The Labute approximate surface area is 82.3 Å². The molecule has 3 heteroatoms. The number of hydrogen-bond acceptors (Lipinski definition) is 3. The number of rotatable bonds is 3. The van der Waals surface area contributed by atoms with Crippen LogP contribution in [0.2, 0.25) is 0 Å². The van der Waals surface area contributed by atoms with Gasteiger partial charge in [-0.1, -0.05) is 18.2 Å². The van der Waals surface area contributed by atoms with Crippen molar-refractivity contribution in [2.45, 2.75) is 0 Å². The molecule has 0 fully saturated rings. The largest absolute Gasteiger partial charge is 0.350 e. The van der Waals surface area contributed by atoms with Crippen LogP contribution in [0.4, 0.5) is 5.69 Å². The lowest BCUT2D eigenvalue weighted by Crippen LogP contribution is -1.94. The molecular weight excluding hydrogens is 180 g/mol. The predicted octanol–water partition coefficient (Wildman–Crippen LogP) is 2.83. The molecule has 0 saturated carbocycles. The van der Waals surface area contributed by atoms with Gasteiger partial charge in [0.05, 0.1) is 11.1 Å². The molecule has 0 radical (unpaired) electrons. The molecule has 1 aromatic carbocycles. The van der Waals surface area contributed by atoms with Crippen molar-refractivity contribution in [3.05, 3.63) is 41.4 Å². The van der Waals surface area contributed by atoms with Crippen molar-refractivity contribution in [3.63, 3.8) is 0 Å². The number of benzene rings is 1. The Hall–Kier alpha value is -1.40. The molecule has 1 aromatic rings. The second-order valence-corrected chi connectivity index (χ2v) is 3.18.